The second-order valence-electron chi connectivity index (χ2n) is 3.05. The number of halogens is 3. The number of hydrogen-bond acceptors (Lipinski definition) is 1. The summed E-state index contributed by atoms with van der Waals surface area (Å²) >= 11 is 0. The number of aromatic hydroxyl groups is 1. The Labute approximate surface area is 129 Å². The summed E-state index contributed by atoms with van der Waals surface area (Å²) in [4.78, 5) is 0. The Morgan fingerprint density at radius 1 is 1.27 bits per heavy atom. The van der Waals surface area contributed by atoms with Crippen molar-refractivity contribution in [1.29, 1.82) is 0 Å². The maximum atomic E-state index is 11.8. The summed E-state index contributed by atoms with van der Waals surface area (Å²) in [7, 11) is 0. The van der Waals surface area contributed by atoms with Crippen LogP contribution >= 0.6 is 0 Å². The second-order valence-corrected chi connectivity index (χ2v) is 3.05. The fourth-order valence-corrected chi connectivity index (χ4v) is 1.01. The molecule has 0 aliphatic rings. The first-order valence-electron chi connectivity index (χ1n) is 4.07. The van der Waals surface area contributed by atoms with E-state index < -0.39 is 6.98 Å². The normalized spacial score (nSPS) is 11.5. The van der Waals surface area contributed by atoms with Crippen LogP contribution in [0, 0.1) is 6.92 Å². The molecule has 0 fully saturated rings. The molecule has 6 heteroatoms. The first-order valence-corrected chi connectivity index (χ1v) is 4.07. The summed E-state index contributed by atoms with van der Waals surface area (Å²) in [6.07, 6.45) is 0.870. The van der Waals surface area contributed by atoms with Gasteiger partial charge in [-0.25, -0.2) is 0 Å². The minimum Gasteiger partial charge on any atom is -0.507 e. The fraction of sp³-hybridized carbons (Fsp3) is 0.111. The molecule has 0 radical (unpaired) electrons. The molecule has 1 N–H and O–H groups in total. The fourth-order valence-electron chi connectivity index (χ4n) is 1.01. The van der Waals surface area contributed by atoms with Gasteiger partial charge >= 0.3 is 58.4 Å². The van der Waals surface area contributed by atoms with Gasteiger partial charge in [-0.2, -0.15) is 0 Å². The van der Waals surface area contributed by atoms with E-state index in [9.17, 15) is 18.1 Å². The summed E-state index contributed by atoms with van der Waals surface area (Å²) in [5.41, 5.74) is 0.979. The van der Waals surface area contributed by atoms with Gasteiger partial charge in [-0.15, -0.1) is 5.98 Å². The Hall–Kier alpha value is 0.251. The number of rotatable bonds is 2. The SMILES string of the molecule is Cc1ccc(/C=C/[B-](F)(F)F)c(O)c1.[K+]. The summed E-state index contributed by atoms with van der Waals surface area (Å²) < 4.78 is 35.5. The van der Waals surface area contributed by atoms with E-state index in [2.05, 4.69) is 0 Å². The minimum absolute atomic E-state index is 0. The Morgan fingerprint density at radius 2 is 1.87 bits per heavy atom. The van der Waals surface area contributed by atoms with E-state index in [4.69, 9.17) is 0 Å². The van der Waals surface area contributed by atoms with E-state index in [0.29, 0.717) is 0 Å². The molecule has 0 bridgehead atoms. The van der Waals surface area contributed by atoms with Gasteiger partial charge in [-0.3, -0.25) is 0 Å². The van der Waals surface area contributed by atoms with Crippen LogP contribution in [0.2, 0.25) is 0 Å². The number of phenols is 1. The van der Waals surface area contributed by atoms with E-state index in [1.807, 2.05) is 0 Å². The van der Waals surface area contributed by atoms with Crippen molar-refractivity contribution in [3.63, 3.8) is 0 Å². The molecule has 0 atom stereocenters. The van der Waals surface area contributed by atoms with E-state index in [0.717, 1.165) is 11.6 Å². The molecular weight excluding hydrogens is 231 g/mol. The molecule has 1 aromatic carbocycles. The molecule has 0 saturated carbocycles. The van der Waals surface area contributed by atoms with Gasteiger partial charge in [0, 0.05) is 5.56 Å². The molecule has 0 aliphatic carbocycles. The van der Waals surface area contributed by atoms with Crippen LogP contribution in [0.1, 0.15) is 11.1 Å². The van der Waals surface area contributed by atoms with E-state index >= 15 is 0 Å². The van der Waals surface area contributed by atoms with Crippen molar-refractivity contribution in [2.24, 2.45) is 0 Å². The van der Waals surface area contributed by atoms with Gasteiger partial charge in [0.25, 0.3) is 0 Å². The third-order valence-electron chi connectivity index (χ3n) is 1.68. The minimum atomic E-state index is -4.94. The van der Waals surface area contributed by atoms with Gasteiger partial charge in [0.2, 0.25) is 0 Å². The number of hydrogen-bond donors (Lipinski definition) is 1. The monoisotopic (exact) mass is 240 g/mol. The van der Waals surface area contributed by atoms with E-state index in [1.165, 1.54) is 12.1 Å². The van der Waals surface area contributed by atoms with Crippen molar-refractivity contribution < 1.29 is 69.4 Å². The Kier molecular flexibility index (Phi) is 6.20. The molecule has 1 nitrogen and oxygen atoms in total. The van der Waals surface area contributed by atoms with Gasteiger partial charge in [-0.05, 0) is 18.6 Å². The average Bonchev–Trinajstić information content (AvgIpc) is 2.00. The zero-order valence-corrected chi connectivity index (χ0v) is 11.7. The van der Waals surface area contributed by atoms with Crippen molar-refractivity contribution in [3.05, 3.63) is 35.3 Å². The van der Waals surface area contributed by atoms with Crippen LogP contribution in [0.3, 0.4) is 0 Å². The molecule has 0 aliphatic heterocycles. The first kappa shape index (κ1) is 15.3. The topological polar surface area (TPSA) is 20.2 Å². The van der Waals surface area contributed by atoms with Crippen LogP contribution < -0.4 is 51.4 Å². The predicted octanol–water partition coefficient (Wildman–Crippen LogP) is 0.104. The van der Waals surface area contributed by atoms with Gasteiger partial charge in [0.05, 0.1) is 0 Å². The summed E-state index contributed by atoms with van der Waals surface area (Å²) in [6.45, 7) is -3.19. The number of phenolic OH excluding ortho intramolecular Hbond substituents is 1. The van der Waals surface area contributed by atoms with Crippen molar-refractivity contribution in [2.45, 2.75) is 6.92 Å². The van der Waals surface area contributed by atoms with Crippen molar-refractivity contribution in [3.8, 4) is 5.75 Å². The molecule has 1 aromatic rings. The van der Waals surface area contributed by atoms with Crippen LogP contribution in [0.5, 0.6) is 5.75 Å². The standard InChI is InChI=1S/C9H9BF3O.K/c1-7-2-3-8(9(14)6-7)4-5-10(11,12)13;/h2-6,14H,1H3;/q-1;+1/b5-4+;. The van der Waals surface area contributed by atoms with Crippen molar-refractivity contribution in [2.75, 3.05) is 0 Å². The summed E-state index contributed by atoms with van der Waals surface area (Å²) in [6, 6.07) is 4.51. The van der Waals surface area contributed by atoms with Crippen molar-refractivity contribution in [1.82, 2.24) is 0 Å². The molecular formula is C9H9BF3KO. The largest absolute Gasteiger partial charge is 1.00 e. The summed E-state index contributed by atoms with van der Waals surface area (Å²) in [5, 5.41) is 9.28. The van der Waals surface area contributed by atoms with Gasteiger partial charge in [0.1, 0.15) is 5.75 Å². The van der Waals surface area contributed by atoms with Crippen LogP contribution in [0.15, 0.2) is 24.2 Å². The van der Waals surface area contributed by atoms with Crippen LogP contribution in [0.25, 0.3) is 6.08 Å². The van der Waals surface area contributed by atoms with Gasteiger partial charge < -0.3 is 18.1 Å². The predicted molar refractivity (Wildman–Crippen MR) is 51.0 cm³/mol. The molecule has 1 rings (SSSR count). The number of aryl methyl sites for hydroxylation is 1. The molecule has 0 spiro atoms. The van der Waals surface area contributed by atoms with E-state index in [1.54, 1.807) is 13.0 Å². The molecule has 15 heavy (non-hydrogen) atoms. The quantitative estimate of drug-likeness (QED) is 0.727. The Morgan fingerprint density at radius 3 is 2.33 bits per heavy atom. The third kappa shape index (κ3) is 5.77. The first-order chi connectivity index (χ1) is 6.38. The zero-order chi connectivity index (χ0) is 10.8. The van der Waals surface area contributed by atoms with Crippen molar-refractivity contribution >= 4 is 13.1 Å². The molecule has 0 unspecified atom stereocenters. The molecule has 0 heterocycles. The van der Waals surface area contributed by atoms with Gasteiger partial charge in [-0.1, -0.05) is 18.2 Å². The Bertz CT molecular complexity index is 363. The number of benzene rings is 1. The smallest absolute Gasteiger partial charge is 0.507 e. The molecule has 0 amide bonds. The molecule has 76 valence electrons. The maximum absolute atomic E-state index is 11.8. The van der Waals surface area contributed by atoms with Crippen LogP contribution in [0.4, 0.5) is 12.9 Å². The molecule has 0 aromatic heterocycles. The maximum Gasteiger partial charge on any atom is 1.00 e. The van der Waals surface area contributed by atoms with E-state index in [-0.39, 0.29) is 68.7 Å². The molecule has 0 saturated heterocycles. The average molecular weight is 240 g/mol. The summed E-state index contributed by atoms with van der Waals surface area (Å²) in [5.74, 6) is 0.0194. The van der Waals surface area contributed by atoms with Crippen LogP contribution in [-0.2, 0) is 0 Å². The Balaban J connectivity index is 0.00000196. The van der Waals surface area contributed by atoms with Gasteiger partial charge in [0.15, 0.2) is 0 Å². The second kappa shape index (κ2) is 6.10. The third-order valence-corrected chi connectivity index (χ3v) is 1.68. The zero-order valence-electron chi connectivity index (χ0n) is 8.55. The van der Waals surface area contributed by atoms with Crippen LogP contribution in [-0.4, -0.2) is 12.1 Å².